The maximum absolute atomic E-state index is 14.0. The van der Waals surface area contributed by atoms with E-state index >= 15 is 0 Å². The van der Waals surface area contributed by atoms with Crippen LogP contribution >= 0.6 is 0 Å². The lowest BCUT2D eigenvalue weighted by atomic mass is 9.61. The lowest BCUT2D eigenvalue weighted by Crippen LogP contribution is -2.54. The molecule has 9 nitrogen and oxygen atoms in total. The third-order valence-electron chi connectivity index (χ3n) is 6.96. The highest BCUT2D eigenvalue weighted by Crippen LogP contribution is 2.54. The maximum atomic E-state index is 14.0. The van der Waals surface area contributed by atoms with Crippen molar-refractivity contribution in [2.24, 2.45) is 5.41 Å². The zero-order chi connectivity index (χ0) is 26.4. The smallest absolute Gasteiger partial charge is 0.310 e. The molecule has 190 valence electrons. The van der Waals surface area contributed by atoms with Crippen LogP contribution in [0.5, 0.6) is 0 Å². The summed E-state index contributed by atoms with van der Waals surface area (Å²) < 4.78 is 79.7. The fraction of sp³-hybridized carbons (Fsp3) is 0.429. The molecule has 36 heavy (non-hydrogen) atoms. The Morgan fingerprint density at radius 1 is 1.00 bits per heavy atom. The Morgan fingerprint density at radius 2 is 1.61 bits per heavy atom. The second-order valence-electron chi connectivity index (χ2n) is 9.33. The molecule has 0 radical (unpaired) electrons. The number of carbonyl (C=O) groups is 2. The number of nitrogens with one attached hydrogen (secondary N) is 2. The normalized spacial score (nSPS) is 20.9. The number of anilines is 2. The average molecular weight is 513 g/mol. The standard InChI is InChI=1S/C21H17F6N7O2/c1-18(2)16(35)31-12-10-13(32-17(36)19(10,18)3)30-14(29-12)11-9-6-8(22)7-28-15(9)34(33-11)5-4-20(23,24)21(25,26)27/h6-7H,4-5H2,1-3H3,(H2,29,30,31,32,35,36)/t19-/m1/s1. The molecular weight excluding hydrogens is 496 g/mol. The number of nitrogens with zero attached hydrogens (tertiary/aromatic N) is 5. The molecule has 0 unspecified atom stereocenters. The minimum absolute atomic E-state index is 0.00385. The van der Waals surface area contributed by atoms with Crippen LogP contribution in [-0.4, -0.2) is 48.6 Å². The van der Waals surface area contributed by atoms with Crippen molar-refractivity contribution in [3.63, 3.8) is 0 Å². The Kier molecular flexibility index (Phi) is 4.74. The molecule has 15 heteroatoms. The SMILES string of the molecule is CC1(C)C(=O)Nc2nc(-c3nn(CCC(F)(F)C(F)(F)F)c4ncc(F)cc34)nc3c2[C@]1(C)C(=O)N3. The van der Waals surface area contributed by atoms with E-state index in [-0.39, 0.29) is 34.2 Å². The van der Waals surface area contributed by atoms with Crippen LogP contribution in [0.1, 0.15) is 32.8 Å². The Morgan fingerprint density at radius 3 is 2.22 bits per heavy atom. The Hall–Kier alpha value is -3.78. The number of carbonyl (C=O) groups excluding carboxylic acids is 2. The molecule has 0 saturated heterocycles. The molecule has 0 aromatic carbocycles. The first-order valence-corrected chi connectivity index (χ1v) is 10.6. The Bertz CT molecular complexity index is 1470. The summed E-state index contributed by atoms with van der Waals surface area (Å²) in [5, 5.41) is 9.20. The third kappa shape index (κ3) is 3.10. The molecule has 0 saturated carbocycles. The number of alkyl halides is 5. The van der Waals surface area contributed by atoms with Crippen LogP contribution in [0.15, 0.2) is 12.3 Å². The first kappa shape index (κ1) is 23.9. The second kappa shape index (κ2) is 7.13. The quantitative estimate of drug-likeness (QED) is 0.513. The van der Waals surface area contributed by atoms with Gasteiger partial charge in [-0.25, -0.2) is 24.0 Å². The lowest BCUT2D eigenvalue weighted by Gasteiger charge is -2.42. The molecule has 3 aromatic rings. The number of pyridine rings is 1. The number of rotatable bonds is 4. The van der Waals surface area contributed by atoms with Gasteiger partial charge in [0.05, 0.1) is 28.0 Å². The van der Waals surface area contributed by atoms with Crippen LogP contribution in [0.25, 0.3) is 22.6 Å². The Balaban J connectivity index is 1.65. The summed E-state index contributed by atoms with van der Waals surface area (Å²) in [4.78, 5) is 38.1. The summed E-state index contributed by atoms with van der Waals surface area (Å²) in [6.45, 7) is 3.85. The summed E-state index contributed by atoms with van der Waals surface area (Å²) in [6.07, 6.45) is -6.64. The lowest BCUT2D eigenvalue weighted by molar-refractivity contribution is -0.285. The molecular formula is C21H17F6N7O2. The second-order valence-corrected chi connectivity index (χ2v) is 9.33. The van der Waals surface area contributed by atoms with E-state index in [0.29, 0.717) is 5.56 Å². The van der Waals surface area contributed by atoms with Crippen LogP contribution in [-0.2, 0) is 21.5 Å². The molecule has 2 amide bonds. The summed E-state index contributed by atoms with van der Waals surface area (Å²) >= 11 is 0. The third-order valence-corrected chi connectivity index (χ3v) is 6.96. The van der Waals surface area contributed by atoms with E-state index < -0.39 is 53.5 Å². The monoisotopic (exact) mass is 513 g/mol. The summed E-state index contributed by atoms with van der Waals surface area (Å²) in [7, 11) is 0. The number of hydrogen-bond acceptors (Lipinski definition) is 6. The molecule has 2 aliphatic heterocycles. The molecule has 5 rings (SSSR count). The van der Waals surface area contributed by atoms with Crippen LogP contribution in [0.3, 0.4) is 0 Å². The van der Waals surface area contributed by atoms with Crippen LogP contribution in [0, 0.1) is 11.2 Å². The van der Waals surface area contributed by atoms with E-state index in [4.69, 9.17) is 0 Å². The molecule has 0 spiro atoms. The van der Waals surface area contributed by atoms with Crippen molar-refractivity contribution in [1.29, 1.82) is 0 Å². The molecule has 0 aliphatic carbocycles. The van der Waals surface area contributed by atoms with Crippen molar-refractivity contribution in [3.8, 4) is 11.5 Å². The summed E-state index contributed by atoms with van der Waals surface area (Å²) in [5.74, 6) is -6.99. The average Bonchev–Trinajstić information content (AvgIpc) is 3.25. The van der Waals surface area contributed by atoms with Crippen molar-refractivity contribution in [2.45, 2.75) is 51.3 Å². The van der Waals surface area contributed by atoms with Gasteiger partial charge in [-0.2, -0.15) is 27.1 Å². The number of amides is 2. The van der Waals surface area contributed by atoms with Gasteiger partial charge in [0.15, 0.2) is 11.5 Å². The molecule has 5 heterocycles. The van der Waals surface area contributed by atoms with Gasteiger partial charge < -0.3 is 10.6 Å². The molecule has 3 aromatic heterocycles. The van der Waals surface area contributed by atoms with E-state index in [1.165, 1.54) is 0 Å². The van der Waals surface area contributed by atoms with Gasteiger partial charge in [0.1, 0.15) is 23.1 Å². The van der Waals surface area contributed by atoms with E-state index in [2.05, 4.69) is 30.7 Å². The van der Waals surface area contributed by atoms with Crippen LogP contribution in [0.2, 0.25) is 0 Å². The molecule has 1 atom stereocenters. The van der Waals surface area contributed by atoms with Gasteiger partial charge in [-0.3, -0.25) is 9.59 Å². The fourth-order valence-electron chi connectivity index (χ4n) is 4.40. The molecule has 2 N–H and O–H groups in total. The topological polar surface area (TPSA) is 115 Å². The molecule has 0 bridgehead atoms. The molecule has 0 fully saturated rings. The number of fused-ring (bicyclic) bond motifs is 1. The van der Waals surface area contributed by atoms with Crippen molar-refractivity contribution in [2.75, 3.05) is 10.6 Å². The minimum Gasteiger partial charge on any atom is -0.310 e. The van der Waals surface area contributed by atoms with Crippen molar-refractivity contribution < 1.29 is 35.9 Å². The van der Waals surface area contributed by atoms with Gasteiger partial charge in [-0.15, -0.1) is 0 Å². The highest BCUT2D eigenvalue weighted by atomic mass is 19.4. The van der Waals surface area contributed by atoms with Gasteiger partial charge in [0.2, 0.25) is 11.8 Å². The van der Waals surface area contributed by atoms with Crippen molar-refractivity contribution in [3.05, 3.63) is 23.6 Å². The molecule has 2 aliphatic rings. The number of hydrogen-bond donors (Lipinski definition) is 2. The zero-order valence-corrected chi connectivity index (χ0v) is 18.9. The van der Waals surface area contributed by atoms with Gasteiger partial charge in [-0.1, -0.05) is 0 Å². The van der Waals surface area contributed by atoms with Gasteiger partial charge in [-0.05, 0) is 26.8 Å². The fourth-order valence-corrected chi connectivity index (χ4v) is 4.40. The predicted molar refractivity (Wildman–Crippen MR) is 113 cm³/mol. The zero-order valence-electron chi connectivity index (χ0n) is 18.9. The highest BCUT2D eigenvalue weighted by molar-refractivity contribution is 6.15. The Labute approximate surface area is 198 Å². The number of aryl methyl sites for hydroxylation is 1. The number of halogens is 6. The van der Waals surface area contributed by atoms with Gasteiger partial charge in [0.25, 0.3) is 0 Å². The largest absolute Gasteiger partial charge is 0.453 e. The van der Waals surface area contributed by atoms with E-state index in [9.17, 15) is 35.9 Å². The first-order valence-electron chi connectivity index (χ1n) is 10.6. The van der Waals surface area contributed by atoms with E-state index in [0.717, 1.165) is 16.9 Å². The van der Waals surface area contributed by atoms with E-state index in [1.54, 1.807) is 20.8 Å². The first-order chi connectivity index (χ1) is 16.6. The number of aromatic nitrogens is 5. The maximum Gasteiger partial charge on any atom is 0.453 e. The summed E-state index contributed by atoms with van der Waals surface area (Å²) in [6, 6.07) is 0.954. The highest BCUT2D eigenvalue weighted by Gasteiger charge is 2.62. The van der Waals surface area contributed by atoms with Crippen molar-refractivity contribution in [1.82, 2.24) is 24.7 Å². The van der Waals surface area contributed by atoms with E-state index in [1.807, 2.05) is 0 Å². The minimum atomic E-state index is -5.76. The van der Waals surface area contributed by atoms with Crippen LogP contribution < -0.4 is 10.6 Å². The van der Waals surface area contributed by atoms with Gasteiger partial charge in [0, 0.05) is 13.0 Å². The predicted octanol–water partition coefficient (Wildman–Crippen LogP) is 3.80. The van der Waals surface area contributed by atoms with Crippen LogP contribution in [0.4, 0.5) is 38.0 Å². The van der Waals surface area contributed by atoms with Gasteiger partial charge >= 0.3 is 12.1 Å². The summed E-state index contributed by atoms with van der Waals surface area (Å²) in [5.41, 5.74) is -2.50. The van der Waals surface area contributed by atoms with Crippen molar-refractivity contribution >= 4 is 34.5 Å².